The summed E-state index contributed by atoms with van der Waals surface area (Å²) in [5.41, 5.74) is 11.2. The average Bonchev–Trinajstić information content (AvgIpc) is 3.32. The van der Waals surface area contributed by atoms with Gasteiger partial charge in [-0.15, -0.1) is 0 Å². The fourth-order valence-electron chi connectivity index (χ4n) is 2.91. The Morgan fingerprint density at radius 3 is 2.61 bits per heavy atom. The molecular formula is C20H25N5O5S. The molecule has 11 heteroatoms. The summed E-state index contributed by atoms with van der Waals surface area (Å²) in [5.74, 6) is -0.488. The van der Waals surface area contributed by atoms with Gasteiger partial charge < -0.3 is 31.2 Å². The number of ether oxygens (including phenoxy) is 2. The summed E-state index contributed by atoms with van der Waals surface area (Å²) in [7, 11) is 0. The molecule has 3 rings (SSSR count). The van der Waals surface area contributed by atoms with E-state index in [1.807, 2.05) is 20.8 Å². The van der Waals surface area contributed by atoms with Crippen LogP contribution in [0.4, 0.5) is 5.69 Å². The molecule has 10 nitrogen and oxygen atoms in total. The fourth-order valence-corrected chi connectivity index (χ4v) is 3.68. The van der Waals surface area contributed by atoms with E-state index in [1.54, 1.807) is 18.2 Å². The number of hydrogen-bond acceptors (Lipinski definition) is 8. The van der Waals surface area contributed by atoms with Crippen LogP contribution in [-0.2, 0) is 11.3 Å². The number of primary amides is 1. The second-order valence-electron chi connectivity index (χ2n) is 7.77. The molecule has 1 aromatic heterocycles. The van der Waals surface area contributed by atoms with Crippen molar-refractivity contribution in [2.75, 3.05) is 19.1 Å². The predicted octanol–water partition coefficient (Wildman–Crippen LogP) is 1.50. The van der Waals surface area contributed by atoms with Crippen LogP contribution in [0.15, 0.2) is 18.2 Å². The molecule has 2 heterocycles. The first-order valence-electron chi connectivity index (χ1n) is 9.65. The quantitative estimate of drug-likeness (QED) is 0.555. The van der Waals surface area contributed by atoms with Gasteiger partial charge in [-0.2, -0.15) is 4.37 Å². The highest BCUT2D eigenvalue weighted by Gasteiger charge is 2.28. The third kappa shape index (κ3) is 5.05. The first-order valence-corrected chi connectivity index (χ1v) is 10.4. The predicted molar refractivity (Wildman–Crippen MR) is 115 cm³/mol. The van der Waals surface area contributed by atoms with Crippen molar-refractivity contribution in [2.24, 2.45) is 5.73 Å². The molecule has 0 atom stereocenters. The highest BCUT2D eigenvalue weighted by Crippen LogP contribution is 2.33. The molecule has 0 fully saturated rings. The molecule has 3 amide bonds. The molecule has 166 valence electrons. The van der Waals surface area contributed by atoms with Crippen LogP contribution < -0.4 is 26.3 Å². The smallest absolute Gasteiger partial charge is 0.270 e. The van der Waals surface area contributed by atoms with E-state index in [2.05, 4.69) is 9.69 Å². The van der Waals surface area contributed by atoms with Gasteiger partial charge >= 0.3 is 0 Å². The number of benzene rings is 1. The Morgan fingerprint density at radius 2 is 1.97 bits per heavy atom. The lowest BCUT2D eigenvalue weighted by molar-refractivity contribution is -0.123. The topological polar surface area (TPSA) is 150 Å². The lowest BCUT2D eigenvalue weighted by Crippen LogP contribution is -2.48. The maximum Gasteiger partial charge on any atom is 0.270 e. The lowest BCUT2D eigenvalue weighted by atomic mass is 10.0. The minimum atomic E-state index is -0.822. The van der Waals surface area contributed by atoms with Gasteiger partial charge in [-0.05, 0) is 49.5 Å². The zero-order valence-electron chi connectivity index (χ0n) is 17.6. The van der Waals surface area contributed by atoms with Crippen LogP contribution in [0.3, 0.4) is 0 Å². The van der Waals surface area contributed by atoms with E-state index >= 15 is 0 Å². The fraction of sp³-hybridized carbons (Fsp3) is 0.400. The van der Waals surface area contributed by atoms with E-state index in [0.717, 1.165) is 23.5 Å². The first-order chi connectivity index (χ1) is 14.6. The van der Waals surface area contributed by atoms with Gasteiger partial charge in [-0.25, -0.2) is 0 Å². The van der Waals surface area contributed by atoms with Crippen molar-refractivity contribution in [1.82, 2.24) is 14.6 Å². The maximum atomic E-state index is 13.2. The molecule has 0 unspecified atom stereocenters. The summed E-state index contributed by atoms with van der Waals surface area (Å²) in [4.78, 5) is 38.8. The van der Waals surface area contributed by atoms with Crippen molar-refractivity contribution in [1.29, 1.82) is 0 Å². The van der Waals surface area contributed by atoms with E-state index in [-0.39, 0.29) is 42.0 Å². The highest BCUT2D eigenvalue weighted by molar-refractivity contribution is 7.09. The SMILES string of the molecule is CCC(C)(C)NC(=O)CN(Cc1ccc2c(c1)OCO2)C(=O)c1snc(C(N)=O)c1N. The van der Waals surface area contributed by atoms with E-state index < -0.39 is 17.4 Å². The molecule has 1 aliphatic heterocycles. The van der Waals surface area contributed by atoms with Crippen molar-refractivity contribution >= 4 is 34.9 Å². The lowest BCUT2D eigenvalue weighted by Gasteiger charge is -2.27. The number of anilines is 1. The molecule has 0 radical (unpaired) electrons. The van der Waals surface area contributed by atoms with Gasteiger partial charge in [-0.1, -0.05) is 13.0 Å². The standard InChI is InChI=1S/C20H25N5O5S/c1-4-20(2,3)23-14(26)9-25(8-11-5-6-12-13(7-11)30-10-29-12)19(28)17-15(21)16(18(22)27)24-31-17/h5-7H,4,8-10,21H2,1-3H3,(H2,22,27)(H,23,26). The van der Waals surface area contributed by atoms with Crippen LogP contribution in [0.1, 0.15) is 52.9 Å². The van der Waals surface area contributed by atoms with Crippen molar-refractivity contribution in [3.8, 4) is 11.5 Å². The number of rotatable bonds is 8. The van der Waals surface area contributed by atoms with Crippen molar-refractivity contribution in [2.45, 2.75) is 39.3 Å². The van der Waals surface area contributed by atoms with E-state index in [9.17, 15) is 14.4 Å². The number of nitrogens with zero attached hydrogens (tertiary/aromatic N) is 2. The number of nitrogens with two attached hydrogens (primary N) is 2. The summed E-state index contributed by atoms with van der Waals surface area (Å²) in [6, 6.07) is 5.28. The summed E-state index contributed by atoms with van der Waals surface area (Å²) < 4.78 is 14.6. The Bertz CT molecular complexity index is 1020. The second-order valence-corrected chi connectivity index (χ2v) is 8.55. The molecule has 0 saturated carbocycles. The molecule has 1 aliphatic rings. The maximum absolute atomic E-state index is 13.2. The number of carbonyl (C=O) groups is 3. The highest BCUT2D eigenvalue weighted by atomic mass is 32.1. The molecule has 2 aromatic rings. The van der Waals surface area contributed by atoms with Crippen molar-refractivity contribution < 1.29 is 23.9 Å². The number of carbonyl (C=O) groups excluding carboxylic acids is 3. The zero-order chi connectivity index (χ0) is 22.8. The number of fused-ring (bicyclic) bond motifs is 1. The van der Waals surface area contributed by atoms with Gasteiger partial charge in [0.05, 0.1) is 5.69 Å². The number of nitrogen functional groups attached to an aromatic ring is 1. The number of aromatic nitrogens is 1. The molecule has 0 bridgehead atoms. The third-order valence-corrected chi connectivity index (χ3v) is 5.80. The Morgan fingerprint density at radius 1 is 1.26 bits per heavy atom. The van der Waals surface area contributed by atoms with E-state index in [0.29, 0.717) is 11.5 Å². The van der Waals surface area contributed by atoms with Crippen molar-refractivity contribution in [3.05, 3.63) is 34.3 Å². The molecule has 1 aromatic carbocycles. The van der Waals surface area contributed by atoms with Gasteiger partial charge in [0.2, 0.25) is 12.7 Å². The normalized spacial score (nSPS) is 12.5. The average molecular weight is 448 g/mol. The Kier molecular flexibility index (Phi) is 6.34. The summed E-state index contributed by atoms with van der Waals surface area (Å²) in [5, 5.41) is 2.91. The van der Waals surface area contributed by atoms with Crippen LogP contribution in [0.2, 0.25) is 0 Å². The largest absolute Gasteiger partial charge is 0.454 e. The number of hydrogen-bond donors (Lipinski definition) is 3. The van der Waals surface area contributed by atoms with Gasteiger partial charge in [0.1, 0.15) is 11.4 Å². The molecule has 0 aliphatic carbocycles. The van der Waals surface area contributed by atoms with Gasteiger partial charge in [0.15, 0.2) is 17.2 Å². The first kappa shape index (κ1) is 22.3. The molecule has 0 saturated heterocycles. The van der Waals surface area contributed by atoms with Crippen LogP contribution in [-0.4, -0.2) is 45.9 Å². The number of nitrogens with one attached hydrogen (secondary N) is 1. The van der Waals surface area contributed by atoms with Crippen molar-refractivity contribution in [3.63, 3.8) is 0 Å². The molecule has 0 spiro atoms. The van der Waals surface area contributed by atoms with Gasteiger partial charge in [-0.3, -0.25) is 14.4 Å². The minimum Gasteiger partial charge on any atom is -0.454 e. The summed E-state index contributed by atoms with van der Waals surface area (Å²) in [6.45, 7) is 5.78. The van der Waals surface area contributed by atoms with Gasteiger partial charge in [0, 0.05) is 12.1 Å². The zero-order valence-corrected chi connectivity index (χ0v) is 18.4. The van der Waals surface area contributed by atoms with E-state index in [4.69, 9.17) is 20.9 Å². The third-order valence-electron chi connectivity index (χ3n) is 4.95. The Balaban J connectivity index is 1.87. The van der Waals surface area contributed by atoms with Crippen LogP contribution in [0.25, 0.3) is 0 Å². The Hall–Kier alpha value is -3.34. The van der Waals surface area contributed by atoms with Gasteiger partial charge in [0.25, 0.3) is 11.8 Å². The second kappa shape index (κ2) is 8.80. The van der Waals surface area contributed by atoms with E-state index in [1.165, 1.54) is 4.90 Å². The monoisotopic (exact) mass is 447 g/mol. The summed E-state index contributed by atoms with van der Waals surface area (Å²) >= 11 is 0.773. The summed E-state index contributed by atoms with van der Waals surface area (Å²) in [6.07, 6.45) is 0.721. The van der Waals surface area contributed by atoms with Crippen LogP contribution in [0.5, 0.6) is 11.5 Å². The molecular weight excluding hydrogens is 422 g/mol. The Labute approximate surface area is 183 Å². The molecule has 5 N–H and O–H groups in total. The molecule has 31 heavy (non-hydrogen) atoms. The van der Waals surface area contributed by atoms with Crippen LogP contribution >= 0.6 is 11.5 Å². The minimum absolute atomic E-state index is 0.0529. The number of amides is 3. The van der Waals surface area contributed by atoms with Crippen LogP contribution in [0, 0.1) is 0 Å².